The molecule has 26 heavy (non-hydrogen) atoms. The van der Waals surface area contributed by atoms with Crippen LogP contribution in [0.2, 0.25) is 0 Å². The summed E-state index contributed by atoms with van der Waals surface area (Å²) in [5, 5.41) is 0. The molecule has 2 aromatic carbocycles. The fourth-order valence-corrected chi connectivity index (χ4v) is 3.80. The molecule has 1 fully saturated rings. The molecule has 4 rings (SSSR count). The fourth-order valence-electron chi connectivity index (χ4n) is 3.80. The van der Waals surface area contributed by atoms with Crippen LogP contribution in [0.25, 0.3) is 0 Å². The van der Waals surface area contributed by atoms with Gasteiger partial charge >= 0.3 is 0 Å². The number of amides is 1. The largest absolute Gasteiger partial charge is 0.369 e. The zero-order chi connectivity index (χ0) is 18.5. The molecule has 2 aliphatic rings. The number of likely N-dealkylation sites (N-methyl/N-ethyl adjacent to an activating group) is 1. The minimum Gasteiger partial charge on any atom is -0.369 e. The molecule has 4 nitrogen and oxygen atoms in total. The second-order valence-corrected chi connectivity index (χ2v) is 7.40. The summed E-state index contributed by atoms with van der Waals surface area (Å²) in [6.07, 6.45) is 2.46. The Morgan fingerprint density at radius 1 is 1.15 bits per heavy atom. The van der Waals surface area contributed by atoms with Gasteiger partial charge < -0.3 is 5.73 Å². The number of carbonyl (C=O) groups is 1. The van der Waals surface area contributed by atoms with Crippen LogP contribution >= 0.6 is 0 Å². The summed E-state index contributed by atoms with van der Waals surface area (Å²) in [4.78, 5) is 19.1. The zero-order valence-electron chi connectivity index (χ0n) is 14.9. The van der Waals surface area contributed by atoms with Crippen molar-refractivity contribution in [2.75, 3.05) is 7.05 Å². The van der Waals surface area contributed by atoms with Crippen LogP contribution in [0, 0.1) is 5.82 Å². The Morgan fingerprint density at radius 2 is 1.81 bits per heavy atom. The van der Waals surface area contributed by atoms with Crippen LogP contribution in [0.15, 0.2) is 53.5 Å². The lowest BCUT2D eigenvalue weighted by molar-refractivity contribution is -0.130. The molecule has 1 aliphatic heterocycles. The number of rotatable bonds is 3. The highest BCUT2D eigenvalue weighted by molar-refractivity contribution is 6.02. The van der Waals surface area contributed by atoms with E-state index in [0.717, 1.165) is 5.56 Å². The van der Waals surface area contributed by atoms with Crippen LogP contribution < -0.4 is 5.73 Å². The monoisotopic (exact) mass is 351 g/mol. The molecule has 1 amide bonds. The standard InChI is InChI=1S/C21H22FN3O/c1-21(16-4-3-5-17(22)12-16)18(19(26)25(2)20(23)24-21)15-10-8-14(9-11-15)13-6-7-13/h3-5,8-13,18H,6-7H2,1-2H3,(H2,23,24)/t18-,21-/m1/s1. The van der Waals surface area contributed by atoms with Crippen molar-refractivity contribution in [1.29, 1.82) is 0 Å². The topological polar surface area (TPSA) is 58.7 Å². The molecule has 1 aliphatic carbocycles. The summed E-state index contributed by atoms with van der Waals surface area (Å²) >= 11 is 0. The molecule has 1 saturated carbocycles. The fraction of sp³-hybridized carbons (Fsp3) is 0.333. The Labute approximate surface area is 152 Å². The number of hydrogen-bond donors (Lipinski definition) is 1. The lowest BCUT2D eigenvalue weighted by Gasteiger charge is -2.41. The maximum Gasteiger partial charge on any atom is 0.239 e. The molecule has 0 bridgehead atoms. The van der Waals surface area contributed by atoms with E-state index in [1.807, 2.05) is 19.1 Å². The summed E-state index contributed by atoms with van der Waals surface area (Å²) in [5.74, 6) is -0.255. The van der Waals surface area contributed by atoms with Crippen LogP contribution in [-0.4, -0.2) is 23.8 Å². The molecular weight excluding hydrogens is 329 g/mol. The quantitative estimate of drug-likeness (QED) is 0.920. The van der Waals surface area contributed by atoms with Crippen LogP contribution in [0.1, 0.15) is 48.3 Å². The lowest BCUT2D eigenvalue weighted by atomic mass is 9.74. The lowest BCUT2D eigenvalue weighted by Crippen LogP contribution is -2.52. The van der Waals surface area contributed by atoms with E-state index in [2.05, 4.69) is 17.1 Å². The van der Waals surface area contributed by atoms with Gasteiger partial charge in [-0.25, -0.2) is 9.38 Å². The van der Waals surface area contributed by atoms with E-state index in [1.165, 1.54) is 35.4 Å². The van der Waals surface area contributed by atoms with Crippen molar-refractivity contribution in [3.8, 4) is 0 Å². The maximum absolute atomic E-state index is 13.9. The predicted molar refractivity (Wildman–Crippen MR) is 99.3 cm³/mol. The van der Waals surface area contributed by atoms with Gasteiger partial charge in [-0.15, -0.1) is 0 Å². The SMILES string of the molecule is CN1C(=O)[C@@H](c2ccc(C3CC3)cc2)[C@@](C)(c2cccc(F)c2)N=C1N. The number of aliphatic imine (C=N–C) groups is 1. The van der Waals surface area contributed by atoms with E-state index in [9.17, 15) is 9.18 Å². The molecule has 0 saturated heterocycles. The molecule has 2 aromatic rings. The molecule has 134 valence electrons. The van der Waals surface area contributed by atoms with Gasteiger partial charge in [0.05, 0.1) is 5.92 Å². The second kappa shape index (κ2) is 5.94. The van der Waals surface area contributed by atoms with Gasteiger partial charge in [-0.05, 0) is 54.5 Å². The van der Waals surface area contributed by atoms with Crippen molar-refractivity contribution in [1.82, 2.24) is 4.90 Å². The molecule has 0 radical (unpaired) electrons. The number of guanidine groups is 1. The number of nitrogens with two attached hydrogens (primary N) is 1. The zero-order valence-corrected chi connectivity index (χ0v) is 14.9. The highest BCUT2D eigenvalue weighted by Crippen LogP contribution is 2.45. The summed E-state index contributed by atoms with van der Waals surface area (Å²) in [6.45, 7) is 1.85. The molecule has 2 N–H and O–H groups in total. The van der Waals surface area contributed by atoms with Crippen molar-refractivity contribution in [2.24, 2.45) is 10.7 Å². The first-order valence-corrected chi connectivity index (χ1v) is 8.89. The first-order valence-electron chi connectivity index (χ1n) is 8.89. The van der Waals surface area contributed by atoms with E-state index < -0.39 is 11.5 Å². The van der Waals surface area contributed by atoms with Gasteiger partial charge in [0.25, 0.3) is 0 Å². The van der Waals surface area contributed by atoms with Crippen LogP contribution in [0.4, 0.5) is 4.39 Å². The third kappa shape index (κ3) is 2.68. The van der Waals surface area contributed by atoms with Crippen molar-refractivity contribution >= 4 is 11.9 Å². The predicted octanol–water partition coefficient (Wildman–Crippen LogP) is 3.49. The van der Waals surface area contributed by atoms with Gasteiger partial charge in [0.15, 0.2) is 5.96 Å². The van der Waals surface area contributed by atoms with Gasteiger partial charge in [-0.3, -0.25) is 9.69 Å². The number of benzene rings is 2. The highest BCUT2D eigenvalue weighted by atomic mass is 19.1. The summed E-state index contributed by atoms with van der Waals surface area (Å²) in [6, 6.07) is 14.4. The number of hydrogen-bond acceptors (Lipinski definition) is 3. The van der Waals surface area contributed by atoms with Crippen molar-refractivity contribution in [2.45, 2.75) is 37.1 Å². The average molecular weight is 351 g/mol. The Hall–Kier alpha value is -2.69. The molecular formula is C21H22FN3O. The third-order valence-electron chi connectivity index (χ3n) is 5.56. The normalized spacial score (nSPS) is 26.0. The minimum atomic E-state index is -0.961. The average Bonchev–Trinajstić information content (AvgIpc) is 3.46. The first-order chi connectivity index (χ1) is 12.4. The molecule has 5 heteroatoms. The Balaban J connectivity index is 1.84. The van der Waals surface area contributed by atoms with Crippen LogP contribution in [-0.2, 0) is 10.3 Å². The summed E-state index contributed by atoms with van der Waals surface area (Å²) in [7, 11) is 1.62. The molecule has 1 heterocycles. The number of nitrogens with zero attached hydrogens (tertiary/aromatic N) is 2. The Bertz CT molecular complexity index is 888. The summed E-state index contributed by atoms with van der Waals surface area (Å²) < 4.78 is 13.9. The first kappa shape index (κ1) is 16.8. The second-order valence-electron chi connectivity index (χ2n) is 7.40. The number of halogens is 1. The molecule has 2 atom stereocenters. The van der Waals surface area contributed by atoms with E-state index in [0.29, 0.717) is 11.5 Å². The Kier molecular flexibility index (Phi) is 3.83. The van der Waals surface area contributed by atoms with E-state index in [-0.39, 0.29) is 17.7 Å². The van der Waals surface area contributed by atoms with Crippen molar-refractivity contribution < 1.29 is 9.18 Å². The highest BCUT2D eigenvalue weighted by Gasteiger charge is 2.47. The van der Waals surface area contributed by atoms with Gasteiger partial charge in [-0.2, -0.15) is 0 Å². The van der Waals surface area contributed by atoms with Gasteiger partial charge in [-0.1, -0.05) is 36.4 Å². The smallest absolute Gasteiger partial charge is 0.239 e. The molecule has 0 unspecified atom stereocenters. The van der Waals surface area contributed by atoms with Crippen molar-refractivity contribution in [3.63, 3.8) is 0 Å². The van der Waals surface area contributed by atoms with Gasteiger partial charge in [0.1, 0.15) is 11.4 Å². The molecule has 0 aromatic heterocycles. The Morgan fingerprint density at radius 3 is 2.42 bits per heavy atom. The maximum atomic E-state index is 13.9. The van der Waals surface area contributed by atoms with E-state index in [1.54, 1.807) is 19.2 Å². The third-order valence-corrected chi connectivity index (χ3v) is 5.56. The van der Waals surface area contributed by atoms with E-state index >= 15 is 0 Å². The molecule has 0 spiro atoms. The van der Waals surface area contributed by atoms with E-state index in [4.69, 9.17) is 5.73 Å². The van der Waals surface area contributed by atoms with Crippen molar-refractivity contribution in [3.05, 3.63) is 71.0 Å². The number of carbonyl (C=O) groups excluding carboxylic acids is 1. The van der Waals surface area contributed by atoms with Crippen LogP contribution in [0.3, 0.4) is 0 Å². The minimum absolute atomic E-state index is 0.136. The van der Waals surface area contributed by atoms with Gasteiger partial charge in [0, 0.05) is 7.05 Å². The van der Waals surface area contributed by atoms with Gasteiger partial charge in [0.2, 0.25) is 5.91 Å². The summed E-state index contributed by atoms with van der Waals surface area (Å²) in [5.41, 5.74) is 7.85. The van der Waals surface area contributed by atoms with Crippen LogP contribution in [0.5, 0.6) is 0 Å².